The fraction of sp³-hybridized carbons (Fsp3) is 0.0909. The number of benzene rings is 1. The molecule has 14 heavy (non-hydrogen) atoms. The number of hydrogen-bond acceptors (Lipinski definition) is 2. The van der Waals surface area contributed by atoms with Crippen LogP contribution in [0.2, 0.25) is 0 Å². The summed E-state index contributed by atoms with van der Waals surface area (Å²) in [6.07, 6.45) is 5.53. The molecule has 0 aliphatic carbocycles. The standard InChI is InChI=1S/C11H11N3/c1-12-11-4-2-10(3-5-11)8-14-7-6-13-9-14/h2-7,9H,1,8H2. The van der Waals surface area contributed by atoms with Crippen molar-refractivity contribution in [2.45, 2.75) is 6.54 Å². The molecule has 0 N–H and O–H groups in total. The van der Waals surface area contributed by atoms with Crippen LogP contribution in [0.25, 0.3) is 0 Å². The Morgan fingerprint density at radius 3 is 2.64 bits per heavy atom. The van der Waals surface area contributed by atoms with E-state index in [1.807, 2.05) is 35.0 Å². The summed E-state index contributed by atoms with van der Waals surface area (Å²) < 4.78 is 2.02. The molecule has 2 rings (SSSR count). The van der Waals surface area contributed by atoms with Crippen LogP contribution in [0.15, 0.2) is 48.0 Å². The molecule has 0 spiro atoms. The smallest absolute Gasteiger partial charge is 0.0949 e. The highest BCUT2D eigenvalue weighted by Gasteiger charge is 1.94. The predicted molar refractivity (Wildman–Crippen MR) is 57.0 cm³/mol. The normalized spacial score (nSPS) is 10.0. The largest absolute Gasteiger partial charge is 0.333 e. The zero-order valence-electron chi connectivity index (χ0n) is 7.80. The monoisotopic (exact) mass is 185 g/mol. The van der Waals surface area contributed by atoms with E-state index in [0.717, 1.165) is 12.2 Å². The van der Waals surface area contributed by atoms with Gasteiger partial charge in [-0.1, -0.05) is 12.1 Å². The van der Waals surface area contributed by atoms with Gasteiger partial charge in [0, 0.05) is 18.9 Å². The van der Waals surface area contributed by atoms with Crippen LogP contribution >= 0.6 is 0 Å². The number of nitrogens with zero attached hydrogens (tertiary/aromatic N) is 3. The molecule has 0 aliphatic rings. The highest BCUT2D eigenvalue weighted by molar-refractivity contribution is 5.45. The average Bonchev–Trinajstić information content (AvgIpc) is 2.72. The van der Waals surface area contributed by atoms with Crippen molar-refractivity contribution in [3.8, 4) is 0 Å². The van der Waals surface area contributed by atoms with E-state index >= 15 is 0 Å². The third kappa shape index (κ3) is 1.88. The molecular formula is C11H11N3. The molecule has 0 aliphatic heterocycles. The van der Waals surface area contributed by atoms with Gasteiger partial charge in [0.25, 0.3) is 0 Å². The van der Waals surface area contributed by atoms with Gasteiger partial charge < -0.3 is 4.57 Å². The van der Waals surface area contributed by atoms with E-state index in [-0.39, 0.29) is 0 Å². The summed E-state index contributed by atoms with van der Waals surface area (Å²) in [5.41, 5.74) is 2.13. The first-order chi connectivity index (χ1) is 6.88. The molecule has 0 fully saturated rings. The van der Waals surface area contributed by atoms with E-state index in [2.05, 4.69) is 16.7 Å². The lowest BCUT2D eigenvalue weighted by Gasteiger charge is -2.02. The van der Waals surface area contributed by atoms with Crippen LogP contribution in [0.4, 0.5) is 5.69 Å². The Kier molecular flexibility index (Phi) is 2.40. The van der Waals surface area contributed by atoms with E-state index in [4.69, 9.17) is 0 Å². The Bertz CT molecular complexity index is 401. The Hall–Kier alpha value is -1.90. The summed E-state index contributed by atoms with van der Waals surface area (Å²) in [6.45, 7) is 4.32. The van der Waals surface area contributed by atoms with Gasteiger partial charge in [0.1, 0.15) is 0 Å². The van der Waals surface area contributed by atoms with Crippen molar-refractivity contribution in [2.75, 3.05) is 0 Å². The molecule has 0 saturated carbocycles. The Labute approximate surface area is 82.8 Å². The first-order valence-corrected chi connectivity index (χ1v) is 4.40. The summed E-state index contributed by atoms with van der Waals surface area (Å²) in [7, 11) is 0. The van der Waals surface area contributed by atoms with Gasteiger partial charge in [-0.05, 0) is 24.4 Å². The molecule has 1 heterocycles. The van der Waals surface area contributed by atoms with Gasteiger partial charge in [-0.25, -0.2) is 4.98 Å². The van der Waals surface area contributed by atoms with Crippen LogP contribution in [-0.4, -0.2) is 16.3 Å². The molecule has 0 amide bonds. The summed E-state index contributed by atoms with van der Waals surface area (Å²) in [5.74, 6) is 0. The number of imidazole rings is 1. The maximum absolute atomic E-state index is 3.99. The molecule has 3 heteroatoms. The highest BCUT2D eigenvalue weighted by Crippen LogP contribution is 2.12. The van der Waals surface area contributed by atoms with Gasteiger partial charge in [0.05, 0.1) is 12.0 Å². The summed E-state index contributed by atoms with van der Waals surface area (Å²) >= 11 is 0. The van der Waals surface area contributed by atoms with Crippen molar-refractivity contribution in [2.24, 2.45) is 4.99 Å². The molecule has 3 nitrogen and oxygen atoms in total. The minimum atomic E-state index is 0.845. The van der Waals surface area contributed by atoms with Crippen molar-refractivity contribution in [3.05, 3.63) is 48.5 Å². The lowest BCUT2D eigenvalue weighted by molar-refractivity contribution is 0.797. The number of aromatic nitrogens is 2. The second-order valence-corrected chi connectivity index (χ2v) is 3.06. The fourth-order valence-corrected chi connectivity index (χ4v) is 1.30. The van der Waals surface area contributed by atoms with Crippen LogP contribution in [0.3, 0.4) is 0 Å². The Morgan fingerprint density at radius 1 is 1.29 bits per heavy atom. The zero-order chi connectivity index (χ0) is 9.80. The minimum absolute atomic E-state index is 0.845. The molecule has 70 valence electrons. The molecule has 0 saturated heterocycles. The maximum Gasteiger partial charge on any atom is 0.0949 e. The summed E-state index contributed by atoms with van der Waals surface area (Å²) in [4.78, 5) is 7.83. The summed E-state index contributed by atoms with van der Waals surface area (Å²) in [6, 6.07) is 8.01. The Balaban J connectivity index is 2.14. The van der Waals surface area contributed by atoms with Crippen LogP contribution in [-0.2, 0) is 6.54 Å². The van der Waals surface area contributed by atoms with Crippen LogP contribution in [0.1, 0.15) is 5.56 Å². The van der Waals surface area contributed by atoms with Crippen LogP contribution in [0.5, 0.6) is 0 Å². The van der Waals surface area contributed by atoms with Gasteiger partial charge in [-0.2, -0.15) is 0 Å². The second kappa shape index (κ2) is 3.87. The Morgan fingerprint density at radius 2 is 2.07 bits per heavy atom. The topological polar surface area (TPSA) is 30.2 Å². The summed E-state index contributed by atoms with van der Waals surface area (Å²) in [5, 5.41) is 0. The maximum atomic E-state index is 3.99. The number of aliphatic imine (C=N–C) groups is 1. The molecular weight excluding hydrogens is 174 g/mol. The first kappa shape index (κ1) is 8.69. The lowest BCUT2D eigenvalue weighted by atomic mass is 10.2. The second-order valence-electron chi connectivity index (χ2n) is 3.06. The average molecular weight is 185 g/mol. The molecule has 0 bridgehead atoms. The van der Waals surface area contributed by atoms with E-state index in [1.54, 1.807) is 12.5 Å². The van der Waals surface area contributed by atoms with Gasteiger partial charge in [0.15, 0.2) is 0 Å². The van der Waals surface area contributed by atoms with E-state index < -0.39 is 0 Å². The van der Waals surface area contributed by atoms with Gasteiger partial charge in [-0.15, -0.1) is 0 Å². The number of hydrogen-bond donors (Lipinski definition) is 0. The molecule has 0 radical (unpaired) electrons. The minimum Gasteiger partial charge on any atom is -0.333 e. The van der Waals surface area contributed by atoms with Crippen molar-refractivity contribution in [3.63, 3.8) is 0 Å². The first-order valence-electron chi connectivity index (χ1n) is 4.40. The fourth-order valence-electron chi connectivity index (χ4n) is 1.30. The third-order valence-corrected chi connectivity index (χ3v) is 2.04. The molecule has 1 aromatic heterocycles. The molecule has 1 aromatic carbocycles. The van der Waals surface area contributed by atoms with E-state index in [0.29, 0.717) is 0 Å². The van der Waals surface area contributed by atoms with Crippen LogP contribution in [0, 0.1) is 0 Å². The SMILES string of the molecule is C=Nc1ccc(Cn2ccnc2)cc1. The predicted octanol–water partition coefficient (Wildman–Crippen LogP) is 2.26. The van der Waals surface area contributed by atoms with E-state index in [1.165, 1.54) is 5.56 Å². The third-order valence-electron chi connectivity index (χ3n) is 2.04. The van der Waals surface area contributed by atoms with Crippen molar-refractivity contribution in [1.29, 1.82) is 0 Å². The van der Waals surface area contributed by atoms with Crippen LogP contribution < -0.4 is 0 Å². The molecule has 0 unspecified atom stereocenters. The van der Waals surface area contributed by atoms with Crippen molar-refractivity contribution < 1.29 is 0 Å². The van der Waals surface area contributed by atoms with E-state index in [9.17, 15) is 0 Å². The lowest BCUT2D eigenvalue weighted by Crippen LogP contribution is -1.95. The van der Waals surface area contributed by atoms with Crippen molar-refractivity contribution >= 4 is 12.4 Å². The zero-order valence-corrected chi connectivity index (χ0v) is 7.80. The van der Waals surface area contributed by atoms with Gasteiger partial charge in [0.2, 0.25) is 0 Å². The highest BCUT2D eigenvalue weighted by atomic mass is 15.0. The number of rotatable bonds is 3. The van der Waals surface area contributed by atoms with Gasteiger partial charge >= 0.3 is 0 Å². The molecule has 2 aromatic rings. The van der Waals surface area contributed by atoms with Crippen molar-refractivity contribution in [1.82, 2.24) is 9.55 Å². The quantitative estimate of drug-likeness (QED) is 0.674. The van der Waals surface area contributed by atoms with Gasteiger partial charge in [-0.3, -0.25) is 4.99 Å². The molecule has 0 atom stereocenters.